The second kappa shape index (κ2) is 8.95. The zero-order chi connectivity index (χ0) is 17.5. The third kappa shape index (κ3) is 4.65. The Morgan fingerprint density at radius 3 is 2.50 bits per heavy atom. The lowest BCUT2D eigenvalue weighted by Gasteiger charge is -2.15. The van der Waals surface area contributed by atoms with E-state index in [0.29, 0.717) is 6.61 Å². The maximum absolute atomic E-state index is 6.12. The quantitative estimate of drug-likeness (QED) is 0.722. The monoisotopic (exact) mass is 341 g/mol. The van der Waals surface area contributed by atoms with Crippen LogP contribution in [0.25, 0.3) is 11.8 Å². The smallest absolute Gasteiger partial charge is 0.128 e. The first-order chi connectivity index (χ1) is 11.6. The minimum Gasteiger partial charge on any atom is -0.492 e. The highest BCUT2D eigenvalue weighted by Gasteiger charge is 2.17. The summed E-state index contributed by atoms with van der Waals surface area (Å²) in [4.78, 5) is 4.67. The Labute approximate surface area is 150 Å². The van der Waals surface area contributed by atoms with Gasteiger partial charge in [-0.15, -0.1) is 0 Å². The summed E-state index contributed by atoms with van der Waals surface area (Å²) < 4.78 is 6.12. The molecule has 1 heterocycles. The SMILES string of the molecule is CC.Cc1ccc2c(c1)C(OCCN(C)C)=Cc1ccccc1S2. The van der Waals surface area contributed by atoms with Crippen LogP contribution in [0.4, 0.5) is 0 Å². The first kappa shape index (κ1) is 18.6. The third-order valence-electron chi connectivity index (χ3n) is 3.62. The van der Waals surface area contributed by atoms with Crippen molar-refractivity contribution in [3.8, 4) is 0 Å². The zero-order valence-electron chi connectivity index (χ0n) is 15.3. The second-order valence-electron chi connectivity index (χ2n) is 5.80. The van der Waals surface area contributed by atoms with E-state index in [0.717, 1.165) is 12.3 Å². The van der Waals surface area contributed by atoms with Crippen molar-refractivity contribution in [1.29, 1.82) is 0 Å². The summed E-state index contributed by atoms with van der Waals surface area (Å²) in [5.41, 5.74) is 3.67. The predicted octanol–water partition coefficient (Wildman–Crippen LogP) is 5.56. The predicted molar refractivity (Wildman–Crippen MR) is 105 cm³/mol. The van der Waals surface area contributed by atoms with Gasteiger partial charge in [0.25, 0.3) is 0 Å². The Balaban J connectivity index is 0.00000100. The molecule has 0 saturated heterocycles. The van der Waals surface area contributed by atoms with Gasteiger partial charge >= 0.3 is 0 Å². The molecule has 0 atom stereocenters. The van der Waals surface area contributed by atoms with Crippen LogP contribution in [0.1, 0.15) is 30.5 Å². The normalized spacial score (nSPS) is 12.3. The minimum absolute atomic E-state index is 0.694. The molecule has 2 aromatic carbocycles. The van der Waals surface area contributed by atoms with E-state index in [-0.39, 0.29) is 0 Å². The molecule has 2 nitrogen and oxygen atoms in total. The third-order valence-corrected chi connectivity index (χ3v) is 4.79. The van der Waals surface area contributed by atoms with Crippen molar-refractivity contribution in [3.63, 3.8) is 0 Å². The summed E-state index contributed by atoms with van der Waals surface area (Å²) >= 11 is 1.81. The molecule has 0 spiro atoms. The van der Waals surface area contributed by atoms with Crippen LogP contribution in [0.15, 0.2) is 52.3 Å². The molecule has 3 rings (SSSR count). The fraction of sp³-hybridized carbons (Fsp3) is 0.333. The van der Waals surface area contributed by atoms with Crippen molar-refractivity contribution in [3.05, 3.63) is 59.2 Å². The Morgan fingerprint density at radius 2 is 1.75 bits per heavy atom. The lowest BCUT2D eigenvalue weighted by molar-refractivity contribution is 0.233. The molecule has 3 heteroatoms. The van der Waals surface area contributed by atoms with Crippen LogP contribution in [-0.2, 0) is 4.74 Å². The van der Waals surface area contributed by atoms with Gasteiger partial charge in [-0.1, -0.05) is 55.4 Å². The molecule has 0 unspecified atom stereocenters. The van der Waals surface area contributed by atoms with Crippen LogP contribution < -0.4 is 0 Å². The van der Waals surface area contributed by atoms with Gasteiger partial charge in [-0.05, 0) is 50.9 Å². The molecular weight excluding hydrogens is 314 g/mol. The summed E-state index contributed by atoms with van der Waals surface area (Å²) in [7, 11) is 4.13. The molecule has 2 aromatic rings. The van der Waals surface area contributed by atoms with E-state index < -0.39 is 0 Å². The van der Waals surface area contributed by atoms with Gasteiger partial charge in [0, 0.05) is 21.9 Å². The highest BCUT2D eigenvalue weighted by atomic mass is 32.2. The van der Waals surface area contributed by atoms with E-state index >= 15 is 0 Å². The maximum atomic E-state index is 6.12. The number of benzene rings is 2. The van der Waals surface area contributed by atoms with Gasteiger partial charge in [-0.2, -0.15) is 0 Å². The van der Waals surface area contributed by atoms with Gasteiger partial charge in [0.1, 0.15) is 12.4 Å². The molecule has 24 heavy (non-hydrogen) atoms. The molecular formula is C21H27NOS. The highest BCUT2D eigenvalue weighted by molar-refractivity contribution is 7.99. The molecule has 128 valence electrons. The van der Waals surface area contributed by atoms with Crippen LogP contribution >= 0.6 is 11.8 Å². The van der Waals surface area contributed by atoms with Crippen molar-refractivity contribution < 1.29 is 4.74 Å². The topological polar surface area (TPSA) is 12.5 Å². The molecule has 0 bridgehead atoms. The summed E-state index contributed by atoms with van der Waals surface area (Å²) in [6.45, 7) is 7.73. The van der Waals surface area contributed by atoms with Crippen molar-refractivity contribution in [2.24, 2.45) is 0 Å². The average molecular weight is 342 g/mol. The number of ether oxygens (including phenoxy) is 1. The van der Waals surface area contributed by atoms with E-state index in [1.807, 2.05) is 25.6 Å². The average Bonchev–Trinajstić information content (AvgIpc) is 2.73. The molecule has 1 aliphatic heterocycles. The van der Waals surface area contributed by atoms with E-state index in [4.69, 9.17) is 4.74 Å². The van der Waals surface area contributed by atoms with E-state index in [2.05, 4.69) is 74.5 Å². The van der Waals surface area contributed by atoms with Gasteiger partial charge in [-0.25, -0.2) is 0 Å². The van der Waals surface area contributed by atoms with E-state index in [1.165, 1.54) is 26.5 Å². The van der Waals surface area contributed by atoms with Crippen LogP contribution in [0, 0.1) is 6.92 Å². The molecule has 1 aliphatic rings. The fourth-order valence-corrected chi connectivity index (χ4v) is 3.45. The van der Waals surface area contributed by atoms with E-state index in [9.17, 15) is 0 Å². The first-order valence-corrected chi connectivity index (χ1v) is 9.32. The van der Waals surface area contributed by atoms with Gasteiger partial charge in [0.05, 0.1) is 0 Å². The number of likely N-dealkylation sites (N-methyl/N-ethyl adjacent to an activating group) is 1. The molecule has 0 radical (unpaired) electrons. The van der Waals surface area contributed by atoms with Crippen molar-refractivity contribution in [2.75, 3.05) is 27.2 Å². The number of fused-ring (bicyclic) bond motifs is 2. The standard InChI is InChI=1S/C19H21NOS.C2H6/c1-14-8-9-19-16(12-14)17(21-11-10-20(2)3)13-15-6-4-5-7-18(15)22-19;1-2/h4-9,12-13H,10-11H2,1-3H3;1-2H3. The van der Waals surface area contributed by atoms with Gasteiger partial charge in [-0.3, -0.25) is 0 Å². The van der Waals surface area contributed by atoms with E-state index in [1.54, 1.807) is 0 Å². The lowest BCUT2D eigenvalue weighted by Crippen LogP contribution is -2.17. The minimum atomic E-state index is 0.694. The summed E-state index contributed by atoms with van der Waals surface area (Å²) in [6, 6.07) is 15.1. The number of hydrogen-bond acceptors (Lipinski definition) is 3. The molecule has 0 N–H and O–H groups in total. The summed E-state index contributed by atoms with van der Waals surface area (Å²) in [5.74, 6) is 0.970. The van der Waals surface area contributed by atoms with Crippen molar-refractivity contribution in [1.82, 2.24) is 4.90 Å². The molecule has 0 aromatic heterocycles. The fourth-order valence-electron chi connectivity index (χ4n) is 2.41. The van der Waals surface area contributed by atoms with Crippen LogP contribution in [0.3, 0.4) is 0 Å². The van der Waals surface area contributed by atoms with Crippen LogP contribution in [0.5, 0.6) is 0 Å². The number of rotatable bonds is 4. The molecule has 0 amide bonds. The highest BCUT2D eigenvalue weighted by Crippen LogP contribution is 2.40. The Morgan fingerprint density at radius 1 is 1.00 bits per heavy atom. The number of aryl methyl sites for hydroxylation is 1. The number of nitrogens with zero attached hydrogens (tertiary/aromatic N) is 1. The largest absolute Gasteiger partial charge is 0.492 e. The molecule has 0 saturated carbocycles. The van der Waals surface area contributed by atoms with Crippen molar-refractivity contribution in [2.45, 2.75) is 30.6 Å². The first-order valence-electron chi connectivity index (χ1n) is 8.50. The molecule has 0 aliphatic carbocycles. The van der Waals surface area contributed by atoms with Crippen LogP contribution in [-0.4, -0.2) is 32.1 Å². The zero-order valence-corrected chi connectivity index (χ0v) is 16.1. The number of hydrogen-bond donors (Lipinski definition) is 0. The second-order valence-corrected chi connectivity index (χ2v) is 6.88. The summed E-state index contributed by atoms with van der Waals surface area (Å²) in [6.07, 6.45) is 2.17. The Bertz CT molecular complexity index is 707. The van der Waals surface area contributed by atoms with Gasteiger partial charge < -0.3 is 9.64 Å². The maximum Gasteiger partial charge on any atom is 0.128 e. The van der Waals surface area contributed by atoms with Crippen molar-refractivity contribution >= 4 is 23.6 Å². The van der Waals surface area contributed by atoms with Crippen LogP contribution in [0.2, 0.25) is 0 Å². The summed E-state index contributed by atoms with van der Waals surface area (Å²) in [5, 5.41) is 0. The van der Waals surface area contributed by atoms with Gasteiger partial charge in [0.2, 0.25) is 0 Å². The lowest BCUT2D eigenvalue weighted by atomic mass is 10.1. The van der Waals surface area contributed by atoms with Gasteiger partial charge in [0.15, 0.2) is 0 Å². The Kier molecular flexibility index (Phi) is 6.95. The molecule has 0 fully saturated rings. The Hall–Kier alpha value is -1.71.